The zero-order valence-electron chi connectivity index (χ0n) is 14.5. The molecule has 2 aromatic heterocycles. The fraction of sp³-hybridized carbons (Fsp3) is 0.316. The minimum atomic E-state index is -0.180. The van der Waals surface area contributed by atoms with E-state index in [1.54, 1.807) is 28.6 Å². The van der Waals surface area contributed by atoms with E-state index in [9.17, 15) is 9.59 Å². The van der Waals surface area contributed by atoms with Crippen LogP contribution in [-0.2, 0) is 7.05 Å². The summed E-state index contributed by atoms with van der Waals surface area (Å²) in [5, 5.41) is 4.47. The van der Waals surface area contributed by atoms with Crippen LogP contribution >= 0.6 is 0 Å². The van der Waals surface area contributed by atoms with Crippen molar-refractivity contribution in [2.24, 2.45) is 7.05 Å². The highest BCUT2D eigenvalue weighted by Crippen LogP contribution is 2.27. The second kappa shape index (κ2) is 6.67. The Bertz CT molecular complexity index is 957. The van der Waals surface area contributed by atoms with Gasteiger partial charge >= 0.3 is 5.69 Å². The summed E-state index contributed by atoms with van der Waals surface area (Å²) in [4.78, 5) is 27.0. The summed E-state index contributed by atoms with van der Waals surface area (Å²) >= 11 is 0. The molecule has 134 valence electrons. The van der Waals surface area contributed by atoms with Crippen LogP contribution in [0.25, 0.3) is 5.69 Å². The normalized spacial score (nSPS) is 17.4. The number of likely N-dealkylation sites (tertiary alicyclic amines) is 1. The molecule has 0 radical (unpaired) electrons. The monoisotopic (exact) mass is 352 g/mol. The third kappa shape index (κ3) is 2.85. The highest BCUT2D eigenvalue weighted by molar-refractivity contribution is 5.91. The molecule has 7 heteroatoms. The summed E-state index contributed by atoms with van der Waals surface area (Å²) in [6, 6.07) is 12.9. The number of aryl methyl sites for hydroxylation is 1. The second-order valence-electron chi connectivity index (χ2n) is 6.50. The molecule has 1 amide bonds. The number of hydrogen-bond acceptors (Lipinski definition) is 4. The number of rotatable bonds is 3. The van der Waals surface area contributed by atoms with Gasteiger partial charge in [-0.3, -0.25) is 4.79 Å². The molecule has 1 aliphatic heterocycles. The highest BCUT2D eigenvalue weighted by atomic mass is 16.3. The number of nitrogens with zero attached hydrogens (tertiary/aromatic N) is 4. The molecule has 0 unspecified atom stereocenters. The Labute approximate surface area is 150 Å². The fourth-order valence-electron chi connectivity index (χ4n) is 3.50. The average molecular weight is 352 g/mol. The van der Waals surface area contributed by atoms with Crippen LogP contribution in [-0.4, -0.2) is 38.2 Å². The number of hydrogen-bond donors (Lipinski definition) is 0. The number of benzene rings is 1. The minimum absolute atomic E-state index is 0.00299. The van der Waals surface area contributed by atoms with Crippen LogP contribution < -0.4 is 5.69 Å². The topological polar surface area (TPSA) is 73.3 Å². The molecule has 0 spiro atoms. The van der Waals surface area contributed by atoms with E-state index in [1.165, 1.54) is 10.9 Å². The molecule has 7 nitrogen and oxygen atoms in total. The van der Waals surface area contributed by atoms with E-state index in [1.807, 2.05) is 30.3 Å². The third-order valence-corrected chi connectivity index (χ3v) is 4.77. The second-order valence-corrected chi connectivity index (χ2v) is 6.50. The summed E-state index contributed by atoms with van der Waals surface area (Å²) in [6.07, 6.45) is 3.24. The number of furan rings is 1. The molecule has 1 aromatic carbocycles. The lowest BCUT2D eigenvalue weighted by atomic mass is 9.96. The SMILES string of the molecule is Cn1nc([C@@H]2CCCN(C(=O)c3ccco3)C2)n(-c2ccccc2)c1=O. The van der Waals surface area contributed by atoms with Crippen molar-refractivity contribution in [3.8, 4) is 5.69 Å². The van der Waals surface area contributed by atoms with Gasteiger partial charge in [0.05, 0.1) is 12.0 Å². The Morgan fingerprint density at radius 3 is 2.73 bits per heavy atom. The number of para-hydroxylation sites is 1. The van der Waals surface area contributed by atoms with Gasteiger partial charge < -0.3 is 9.32 Å². The Morgan fingerprint density at radius 2 is 2.00 bits per heavy atom. The largest absolute Gasteiger partial charge is 0.459 e. The zero-order valence-corrected chi connectivity index (χ0v) is 14.5. The van der Waals surface area contributed by atoms with Crippen LogP contribution in [0.4, 0.5) is 0 Å². The maximum absolute atomic E-state index is 12.6. The van der Waals surface area contributed by atoms with E-state index < -0.39 is 0 Å². The molecule has 3 heterocycles. The molecule has 26 heavy (non-hydrogen) atoms. The van der Waals surface area contributed by atoms with Crippen molar-refractivity contribution in [1.82, 2.24) is 19.2 Å². The van der Waals surface area contributed by atoms with Crippen LogP contribution in [0.5, 0.6) is 0 Å². The van der Waals surface area contributed by atoms with Crippen LogP contribution in [0.3, 0.4) is 0 Å². The first-order valence-electron chi connectivity index (χ1n) is 8.69. The number of piperidine rings is 1. The van der Waals surface area contributed by atoms with Gasteiger partial charge in [0.1, 0.15) is 5.82 Å². The first-order chi connectivity index (χ1) is 12.6. The summed E-state index contributed by atoms with van der Waals surface area (Å²) in [5.74, 6) is 0.911. The molecular formula is C19H20N4O3. The molecule has 3 aromatic rings. The van der Waals surface area contributed by atoms with E-state index in [0.29, 0.717) is 24.7 Å². The van der Waals surface area contributed by atoms with E-state index in [-0.39, 0.29) is 17.5 Å². The van der Waals surface area contributed by atoms with Gasteiger partial charge in [0.15, 0.2) is 5.76 Å². The number of aromatic nitrogens is 3. The van der Waals surface area contributed by atoms with Gasteiger partial charge in [0, 0.05) is 26.1 Å². The maximum Gasteiger partial charge on any atom is 0.350 e. The molecule has 0 N–H and O–H groups in total. The summed E-state index contributed by atoms with van der Waals surface area (Å²) in [5.41, 5.74) is 0.607. The van der Waals surface area contributed by atoms with Crippen molar-refractivity contribution in [2.45, 2.75) is 18.8 Å². The van der Waals surface area contributed by atoms with Crippen LogP contribution in [0.1, 0.15) is 35.1 Å². The summed E-state index contributed by atoms with van der Waals surface area (Å²) in [6.45, 7) is 1.20. The first kappa shape index (κ1) is 16.4. The summed E-state index contributed by atoms with van der Waals surface area (Å²) < 4.78 is 8.24. The third-order valence-electron chi connectivity index (χ3n) is 4.77. The fourth-order valence-corrected chi connectivity index (χ4v) is 3.50. The van der Waals surface area contributed by atoms with Crippen molar-refractivity contribution >= 4 is 5.91 Å². The van der Waals surface area contributed by atoms with Crippen molar-refractivity contribution < 1.29 is 9.21 Å². The van der Waals surface area contributed by atoms with E-state index in [2.05, 4.69) is 5.10 Å². The number of amides is 1. The molecule has 1 fully saturated rings. The Morgan fingerprint density at radius 1 is 1.19 bits per heavy atom. The van der Waals surface area contributed by atoms with Gasteiger partial charge in [-0.1, -0.05) is 18.2 Å². The quantitative estimate of drug-likeness (QED) is 0.724. The first-order valence-corrected chi connectivity index (χ1v) is 8.69. The molecule has 1 aliphatic rings. The van der Waals surface area contributed by atoms with Crippen molar-refractivity contribution in [3.63, 3.8) is 0 Å². The van der Waals surface area contributed by atoms with Crippen molar-refractivity contribution in [3.05, 3.63) is 70.8 Å². The molecule has 0 saturated carbocycles. The smallest absolute Gasteiger partial charge is 0.350 e. The lowest BCUT2D eigenvalue weighted by Gasteiger charge is -2.31. The standard InChI is InChI=1S/C19H20N4O3/c1-21-19(25)23(15-8-3-2-4-9-15)17(20-21)14-7-5-11-22(13-14)18(24)16-10-6-12-26-16/h2-4,6,8-10,12,14H,5,7,11,13H2,1H3/t14-/m1/s1. The lowest BCUT2D eigenvalue weighted by molar-refractivity contribution is 0.0671. The maximum atomic E-state index is 12.6. The Kier molecular flexibility index (Phi) is 4.20. The van der Waals surface area contributed by atoms with E-state index >= 15 is 0 Å². The summed E-state index contributed by atoms with van der Waals surface area (Å²) in [7, 11) is 1.65. The van der Waals surface area contributed by atoms with E-state index in [4.69, 9.17) is 4.42 Å². The van der Waals surface area contributed by atoms with Gasteiger partial charge in [-0.2, -0.15) is 5.10 Å². The highest BCUT2D eigenvalue weighted by Gasteiger charge is 2.30. The van der Waals surface area contributed by atoms with Gasteiger partial charge in [-0.15, -0.1) is 0 Å². The Hall–Kier alpha value is -3.09. The predicted octanol–water partition coefficient (Wildman–Crippen LogP) is 2.18. The van der Waals surface area contributed by atoms with Crippen molar-refractivity contribution in [1.29, 1.82) is 0 Å². The molecular weight excluding hydrogens is 332 g/mol. The van der Waals surface area contributed by atoms with Crippen molar-refractivity contribution in [2.75, 3.05) is 13.1 Å². The number of carbonyl (C=O) groups is 1. The van der Waals surface area contributed by atoms with Gasteiger partial charge in [0.25, 0.3) is 5.91 Å². The van der Waals surface area contributed by atoms with Crippen LogP contribution in [0, 0.1) is 0 Å². The van der Waals surface area contributed by atoms with Crippen LogP contribution in [0.15, 0.2) is 57.9 Å². The molecule has 4 rings (SSSR count). The molecule has 1 atom stereocenters. The number of carbonyl (C=O) groups excluding carboxylic acids is 1. The predicted molar refractivity (Wildman–Crippen MR) is 95.4 cm³/mol. The lowest BCUT2D eigenvalue weighted by Crippen LogP contribution is -2.39. The van der Waals surface area contributed by atoms with Gasteiger partial charge in [-0.25, -0.2) is 14.0 Å². The van der Waals surface area contributed by atoms with Gasteiger partial charge in [-0.05, 0) is 37.1 Å². The molecule has 0 aliphatic carbocycles. The molecule has 0 bridgehead atoms. The average Bonchev–Trinajstić information content (AvgIpc) is 3.31. The van der Waals surface area contributed by atoms with Gasteiger partial charge in [0.2, 0.25) is 0 Å². The Balaban J connectivity index is 1.67. The zero-order chi connectivity index (χ0) is 18.1. The molecule has 1 saturated heterocycles. The minimum Gasteiger partial charge on any atom is -0.459 e. The van der Waals surface area contributed by atoms with E-state index in [0.717, 1.165) is 18.5 Å². The van der Waals surface area contributed by atoms with Crippen LogP contribution in [0.2, 0.25) is 0 Å².